The number of carbonyl (C=O) groups is 3. The number of carbonyl (C=O) groups excluding carboxylic acids is 3. The third kappa shape index (κ3) is 8.58. The SMILES string of the molecule is COC(=O)[C@H](Cc1ccc(OCCN(C(=O)C=Cc2cccs2)c2ccccc2)cc1)Nc1ccccc1C(=O)c1ccccc1. The average Bonchev–Trinajstić information content (AvgIpc) is 3.64. The smallest absolute Gasteiger partial charge is 0.328 e. The molecule has 0 saturated heterocycles. The van der Waals surface area contributed by atoms with Crippen LogP contribution in [0.5, 0.6) is 5.75 Å². The van der Waals surface area contributed by atoms with E-state index in [0.29, 0.717) is 35.5 Å². The Morgan fingerprint density at radius 2 is 1.52 bits per heavy atom. The van der Waals surface area contributed by atoms with Crippen LogP contribution in [-0.2, 0) is 20.7 Å². The predicted molar refractivity (Wildman–Crippen MR) is 184 cm³/mol. The molecule has 0 radical (unpaired) electrons. The highest BCUT2D eigenvalue weighted by atomic mass is 32.1. The summed E-state index contributed by atoms with van der Waals surface area (Å²) < 4.78 is 11.1. The Bertz CT molecular complexity index is 1750. The molecule has 232 valence electrons. The van der Waals surface area contributed by atoms with Gasteiger partial charge in [-0.05, 0) is 59.5 Å². The Morgan fingerprint density at radius 3 is 2.22 bits per heavy atom. The fourth-order valence-corrected chi connectivity index (χ4v) is 5.51. The van der Waals surface area contributed by atoms with Crippen LogP contribution >= 0.6 is 11.3 Å². The number of nitrogens with zero attached hydrogens (tertiary/aromatic N) is 1. The summed E-state index contributed by atoms with van der Waals surface area (Å²) in [5.74, 6) is -0.0763. The van der Waals surface area contributed by atoms with Gasteiger partial charge in [0, 0.05) is 39.9 Å². The first-order valence-corrected chi connectivity index (χ1v) is 15.7. The lowest BCUT2D eigenvalue weighted by atomic mass is 10.00. The molecule has 46 heavy (non-hydrogen) atoms. The quantitative estimate of drug-likeness (QED) is 0.0788. The van der Waals surface area contributed by atoms with Gasteiger partial charge in [0.15, 0.2) is 5.78 Å². The first-order valence-electron chi connectivity index (χ1n) is 14.8. The van der Waals surface area contributed by atoms with Gasteiger partial charge in [0.2, 0.25) is 0 Å². The summed E-state index contributed by atoms with van der Waals surface area (Å²) in [6.07, 6.45) is 3.72. The number of hydrogen-bond donors (Lipinski definition) is 1. The van der Waals surface area contributed by atoms with Crippen molar-refractivity contribution in [2.24, 2.45) is 0 Å². The second kappa shape index (κ2) is 16.0. The van der Waals surface area contributed by atoms with Crippen molar-refractivity contribution in [3.05, 3.63) is 154 Å². The molecule has 1 aromatic heterocycles. The summed E-state index contributed by atoms with van der Waals surface area (Å²) in [6.45, 7) is 0.639. The number of amides is 1. The van der Waals surface area contributed by atoms with Crippen molar-refractivity contribution in [3.63, 3.8) is 0 Å². The Kier molecular flexibility index (Phi) is 11.1. The van der Waals surface area contributed by atoms with Crippen molar-refractivity contribution >= 4 is 46.4 Å². The summed E-state index contributed by atoms with van der Waals surface area (Å²) in [5, 5.41) is 5.21. The van der Waals surface area contributed by atoms with Crippen molar-refractivity contribution in [1.82, 2.24) is 0 Å². The van der Waals surface area contributed by atoms with Gasteiger partial charge in [-0.2, -0.15) is 0 Å². The number of anilines is 2. The number of thiophene rings is 1. The van der Waals surface area contributed by atoms with Crippen LogP contribution in [0, 0.1) is 0 Å². The van der Waals surface area contributed by atoms with E-state index < -0.39 is 12.0 Å². The third-order valence-electron chi connectivity index (χ3n) is 7.24. The Morgan fingerprint density at radius 1 is 0.826 bits per heavy atom. The molecule has 0 aliphatic rings. The summed E-state index contributed by atoms with van der Waals surface area (Å²) in [4.78, 5) is 41.8. The Labute approximate surface area is 272 Å². The largest absolute Gasteiger partial charge is 0.492 e. The van der Waals surface area contributed by atoms with E-state index in [-0.39, 0.29) is 18.3 Å². The molecule has 0 aliphatic heterocycles. The standard InChI is InChI=1S/C38H34N2O5S/c1-44-38(43)35(39-34-17-9-8-16-33(34)37(42)29-11-4-2-5-12-29)27-28-18-20-31(21-19-28)45-25-24-40(30-13-6-3-7-14-30)36(41)23-22-32-15-10-26-46-32/h2-23,26,35,39H,24-25,27H2,1H3/t35-/m0/s1. The van der Waals surface area contributed by atoms with E-state index in [9.17, 15) is 14.4 Å². The van der Waals surface area contributed by atoms with Gasteiger partial charge >= 0.3 is 5.97 Å². The molecule has 0 spiro atoms. The molecule has 5 rings (SSSR count). The third-order valence-corrected chi connectivity index (χ3v) is 8.07. The fraction of sp³-hybridized carbons (Fsp3) is 0.132. The van der Waals surface area contributed by atoms with Crippen LogP contribution in [0.25, 0.3) is 6.08 Å². The number of esters is 1. The van der Waals surface area contributed by atoms with Gasteiger partial charge in [0.05, 0.1) is 13.7 Å². The topological polar surface area (TPSA) is 84.9 Å². The molecular formula is C38H34N2O5S. The minimum atomic E-state index is -0.728. The molecule has 8 heteroatoms. The number of methoxy groups -OCH3 is 1. The molecule has 4 aromatic carbocycles. The van der Waals surface area contributed by atoms with E-state index in [1.54, 1.807) is 52.6 Å². The molecule has 5 aromatic rings. The normalized spacial score (nSPS) is 11.5. The van der Waals surface area contributed by atoms with Gasteiger partial charge in [0.25, 0.3) is 5.91 Å². The first kappa shape index (κ1) is 31.9. The molecule has 0 saturated carbocycles. The van der Waals surface area contributed by atoms with Crippen molar-refractivity contribution < 1.29 is 23.9 Å². The monoisotopic (exact) mass is 630 g/mol. The van der Waals surface area contributed by atoms with Crippen LogP contribution < -0.4 is 15.0 Å². The van der Waals surface area contributed by atoms with Gasteiger partial charge in [-0.15, -0.1) is 11.3 Å². The predicted octanol–water partition coefficient (Wildman–Crippen LogP) is 7.30. The second-order valence-corrected chi connectivity index (χ2v) is 11.3. The first-order chi connectivity index (χ1) is 22.5. The van der Waals surface area contributed by atoms with Gasteiger partial charge in [-0.25, -0.2) is 4.79 Å². The lowest BCUT2D eigenvalue weighted by Crippen LogP contribution is -2.33. The molecular weight excluding hydrogens is 596 g/mol. The van der Waals surface area contributed by atoms with E-state index in [0.717, 1.165) is 16.1 Å². The number of nitrogens with one attached hydrogen (secondary N) is 1. The highest BCUT2D eigenvalue weighted by Crippen LogP contribution is 2.23. The molecule has 0 fully saturated rings. The fourth-order valence-electron chi connectivity index (χ4n) is 4.89. The van der Waals surface area contributed by atoms with Crippen molar-refractivity contribution in [2.75, 3.05) is 30.5 Å². The van der Waals surface area contributed by atoms with Crippen LogP contribution in [0.4, 0.5) is 11.4 Å². The molecule has 7 nitrogen and oxygen atoms in total. The lowest BCUT2D eigenvalue weighted by molar-refractivity contribution is -0.141. The van der Waals surface area contributed by atoms with Crippen LogP contribution in [0.2, 0.25) is 0 Å². The molecule has 0 unspecified atom stereocenters. The summed E-state index contributed by atoms with van der Waals surface area (Å²) in [7, 11) is 1.34. The van der Waals surface area contributed by atoms with E-state index in [4.69, 9.17) is 9.47 Å². The highest BCUT2D eigenvalue weighted by molar-refractivity contribution is 7.10. The van der Waals surface area contributed by atoms with Gasteiger partial charge < -0.3 is 19.7 Å². The number of para-hydroxylation sites is 2. The zero-order valence-electron chi connectivity index (χ0n) is 25.4. The van der Waals surface area contributed by atoms with Gasteiger partial charge in [-0.3, -0.25) is 9.59 Å². The van der Waals surface area contributed by atoms with Gasteiger partial charge in [0.1, 0.15) is 18.4 Å². The molecule has 0 aliphatic carbocycles. The van der Waals surface area contributed by atoms with Crippen LogP contribution in [0.15, 0.2) is 133 Å². The molecule has 0 bridgehead atoms. The Hall–Kier alpha value is -5.47. The van der Waals surface area contributed by atoms with Gasteiger partial charge in [-0.1, -0.05) is 78.9 Å². The maximum atomic E-state index is 13.2. The molecule has 1 heterocycles. The average molecular weight is 631 g/mol. The minimum Gasteiger partial charge on any atom is -0.492 e. The summed E-state index contributed by atoms with van der Waals surface area (Å²) in [5.41, 5.74) is 3.25. The number of hydrogen-bond acceptors (Lipinski definition) is 7. The van der Waals surface area contributed by atoms with E-state index in [1.165, 1.54) is 7.11 Å². The maximum Gasteiger partial charge on any atom is 0.328 e. The van der Waals surface area contributed by atoms with E-state index in [1.807, 2.05) is 102 Å². The maximum absolute atomic E-state index is 13.2. The molecule has 1 N–H and O–H groups in total. The van der Waals surface area contributed by atoms with Crippen molar-refractivity contribution in [3.8, 4) is 5.75 Å². The van der Waals surface area contributed by atoms with E-state index in [2.05, 4.69) is 5.32 Å². The van der Waals surface area contributed by atoms with Crippen LogP contribution in [0.3, 0.4) is 0 Å². The number of benzene rings is 4. The zero-order valence-corrected chi connectivity index (χ0v) is 26.2. The van der Waals surface area contributed by atoms with Crippen LogP contribution in [0.1, 0.15) is 26.4 Å². The number of ketones is 1. The number of ether oxygens (including phenoxy) is 2. The highest BCUT2D eigenvalue weighted by Gasteiger charge is 2.23. The van der Waals surface area contributed by atoms with Crippen LogP contribution in [-0.4, -0.2) is 44.0 Å². The van der Waals surface area contributed by atoms with Crippen molar-refractivity contribution in [1.29, 1.82) is 0 Å². The Balaban J connectivity index is 1.22. The van der Waals surface area contributed by atoms with E-state index >= 15 is 0 Å². The number of rotatable bonds is 14. The summed E-state index contributed by atoms with van der Waals surface area (Å²) in [6, 6.07) is 36.3. The minimum absolute atomic E-state index is 0.132. The lowest BCUT2D eigenvalue weighted by Gasteiger charge is -2.22. The zero-order chi connectivity index (χ0) is 32.1. The summed E-state index contributed by atoms with van der Waals surface area (Å²) >= 11 is 1.57. The molecule has 1 atom stereocenters. The van der Waals surface area contributed by atoms with Crippen molar-refractivity contribution in [2.45, 2.75) is 12.5 Å². The molecule has 1 amide bonds. The second-order valence-electron chi connectivity index (χ2n) is 10.3.